The zero-order valence-corrected chi connectivity index (χ0v) is 38.8. The number of para-hydroxylation sites is 2. The summed E-state index contributed by atoms with van der Waals surface area (Å²) in [7, 11) is 0. The van der Waals surface area contributed by atoms with E-state index in [1.165, 1.54) is 111 Å². The first-order valence-electron chi connectivity index (χ1n) is 24.9. The van der Waals surface area contributed by atoms with Crippen LogP contribution in [0.2, 0.25) is 0 Å². The third-order valence-corrected chi connectivity index (χ3v) is 21.4. The molecule has 0 aromatic heterocycles. The maximum Gasteiger partial charge on any atom is 0.252 e. The highest BCUT2D eigenvalue weighted by atomic mass is 15.2. The predicted octanol–water partition coefficient (Wildman–Crippen LogP) is 14.0. The van der Waals surface area contributed by atoms with Gasteiger partial charge in [0.1, 0.15) is 0 Å². The van der Waals surface area contributed by atoms with Crippen LogP contribution in [0.25, 0.3) is 22.3 Å². The van der Waals surface area contributed by atoms with Gasteiger partial charge in [0, 0.05) is 45.0 Å². The van der Waals surface area contributed by atoms with E-state index >= 15 is 0 Å². The second-order valence-electron chi connectivity index (χ2n) is 23.3. The molecule has 0 amide bonds. The molecule has 7 aromatic carbocycles. The molecule has 2 nitrogen and oxygen atoms in total. The molecule has 8 aliphatic rings. The summed E-state index contributed by atoms with van der Waals surface area (Å²) in [5.41, 5.74) is 24.8. The highest BCUT2D eigenvalue weighted by Gasteiger charge is 2.73. The second-order valence-corrected chi connectivity index (χ2v) is 23.3. The molecule has 65 heavy (non-hydrogen) atoms. The highest BCUT2D eigenvalue weighted by Crippen LogP contribution is 2.79. The van der Waals surface area contributed by atoms with Crippen LogP contribution < -0.4 is 26.2 Å². The summed E-state index contributed by atoms with van der Waals surface area (Å²) in [6, 6.07) is 59.8. The zero-order chi connectivity index (χ0) is 43.6. The van der Waals surface area contributed by atoms with Crippen molar-refractivity contribution in [1.29, 1.82) is 0 Å². The quantitative estimate of drug-likeness (QED) is 0.160. The van der Waals surface area contributed by atoms with Gasteiger partial charge in [-0.15, -0.1) is 0 Å². The number of hydrogen-bond acceptors (Lipinski definition) is 2. The lowest BCUT2D eigenvalue weighted by atomic mass is 9.33. The summed E-state index contributed by atoms with van der Waals surface area (Å²) in [6.45, 7) is 15.8. The Bertz CT molecular complexity index is 3270. The van der Waals surface area contributed by atoms with Gasteiger partial charge in [0.15, 0.2) is 0 Å². The Morgan fingerprint density at radius 1 is 0.415 bits per heavy atom. The lowest BCUT2D eigenvalue weighted by molar-refractivity contribution is 0.0990. The van der Waals surface area contributed by atoms with Crippen LogP contribution in [0.4, 0.5) is 34.1 Å². The summed E-state index contributed by atoms with van der Waals surface area (Å²) in [5.74, 6) is 1.42. The Balaban J connectivity index is 1.03. The van der Waals surface area contributed by atoms with Gasteiger partial charge in [-0.3, -0.25) is 0 Å². The summed E-state index contributed by atoms with van der Waals surface area (Å²) in [6.07, 6.45) is 7.70. The average molecular weight is 841 g/mol. The van der Waals surface area contributed by atoms with E-state index in [-0.39, 0.29) is 39.2 Å². The van der Waals surface area contributed by atoms with Gasteiger partial charge in [-0.1, -0.05) is 145 Å². The van der Waals surface area contributed by atoms with Crippen LogP contribution in [-0.4, -0.2) is 6.71 Å². The van der Waals surface area contributed by atoms with Crippen molar-refractivity contribution in [2.45, 2.75) is 90.9 Å². The number of nitrogens with zero attached hydrogens (tertiary/aromatic N) is 2. The van der Waals surface area contributed by atoms with Crippen molar-refractivity contribution in [3.63, 3.8) is 0 Å². The summed E-state index contributed by atoms with van der Waals surface area (Å²) < 4.78 is 0. The number of hydrogen-bond donors (Lipinski definition) is 0. The van der Waals surface area contributed by atoms with Crippen molar-refractivity contribution in [2.75, 3.05) is 9.80 Å². The molecule has 2 aliphatic heterocycles. The molecule has 4 saturated carbocycles. The first-order chi connectivity index (χ1) is 31.5. The van der Waals surface area contributed by atoms with E-state index in [2.05, 4.69) is 203 Å². The standard InChI is InChI=1S/C62H57BN2/c1-57(2)38-29-31-59(57,5)61(36-38)46-21-12-10-19-42(46)44-28-27-41(33-48(44)61)65-54-26-16-25-53-56(54)63(50-23-14-15-24-52(50)64(53)40-17-8-7-9-18-40)51-35-49-45(34-55(51)65)43-20-11-13-22-47(43)62(49)37-39-30-32-60(62,6)58(39,3)4/h7-28,33-35,38-39H,29-32,36-37H2,1-6H3/t38-,39-,59-,60-,61+,62+/m1/s1. The SMILES string of the molecule is CC1(C)[C@@H]2CC[C@@]1(C)[C@@]1(C2)c2ccccc2-c2ccc(N3c4cc5c(cc4B4c6ccccc6N(c6ccccc6)c6cccc3c64)[C@]3(C[C@H]4CC[C@]3(C)C4(C)C)c3ccccc3-5)cc21. The van der Waals surface area contributed by atoms with Crippen LogP contribution >= 0.6 is 0 Å². The van der Waals surface area contributed by atoms with Crippen LogP contribution in [0, 0.1) is 33.5 Å². The van der Waals surface area contributed by atoms with Crippen molar-refractivity contribution < 1.29 is 0 Å². The molecular weight excluding hydrogens is 784 g/mol. The molecule has 0 radical (unpaired) electrons. The minimum Gasteiger partial charge on any atom is -0.311 e. The maximum atomic E-state index is 2.78. The Morgan fingerprint density at radius 2 is 0.938 bits per heavy atom. The zero-order valence-electron chi connectivity index (χ0n) is 38.8. The van der Waals surface area contributed by atoms with Crippen molar-refractivity contribution in [3.8, 4) is 22.3 Å². The smallest absolute Gasteiger partial charge is 0.252 e. The van der Waals surface area contributed by atoms with Gasteiger partial charge in [-0.25, -0.2) is 0 Å². The maximum absolute atomic E-state index is 2.78. The van der Waals surface area contributed by atoms with Crippen LogP contribution in [-0.2, 0) is 10.8 Å². The molecule has 2 heterocycles. The molecule has 318 valence electrons. The molecule has 0 N–H and O–H groups in total. The topological polar surface area (TPSA) is 6.48 Å². The summed E-state index contributed by atoms with van der Waals surface area (Å²) in [5, 5.41) is 0. The number of benzene rings is 7. The molecule has 0 saturated heterocycles. The van der Waals surface area contributed by atoms with Crippen LogP contribution in [0.3, 0.4) is 0 Å². The van der Waals surface area contributed by atoms with Gasteiger partial charge in [0.05, 0.1) is 0 Å². The predicted molar refractivity (Wildman–Crippen MR) is 271 cm³/mol. The lowest BCUT2D eigenvalue weighted by Gasteiger charge is -2.49. The van der Waals surface area contributed by atoms with Gasteiger partial charge < -0.3 is 9.80 Å². The largest absolute Gasteiger partial charge is 0.311 e. The van der Waals surface area contributed by atoms with E-state index in [1.807, 2.05) is 0 Å². The Kier molecular flexibility index (Phi) is 6.78. The third-order valence-electron chi connectivity index (χ3n) is 21.4. The van der Waals surface area contributed by atoms with Gasteiger partial charge >= 0.3 is 0 Å². The van der Waals surface area contributed by atoms with E-state index in [9.17, 15) is 0 Å². The van der Waals surface area contributed by atoms with Crippen LogP contribution in [0.15, 0.2) is 152 Å². The molecule has 15 rings (SSSR count). The van der Waals surface area contributed by atoms with Gasteiger partial charge in [-0.05, 0) is 181 Å². The number of anilines is 6. The van der Waals surface area contributed by atoms with E-state index in [0.717, 1.165) is 0 Å². The fraction of sp³-hybridized carbons (Fsp3) is 0.323. The fourth-order valence-electron chi connectivity index (χ4n) is 17.6. The summed E-state index contributed by atoms with van der Waals surface area (Å²) >= 11 is 0. The third kappa shape index (κ3) is 3.93. The molecule has 4 fully saturated rings. The second kappa shape index (κ2) is 11.8. The number of rotatable bonds is 2. The van der Waals surface area contributed by atoms with E-state index in [0.29, 0.717) is 11.8 Å². The lowest BCUT2D eigenvalue weighted by Crippen LogP contribution is -2.61. The minimum atomic E-state index is -0.0228. The highest BCUT2D eigenvalue weighted by molar-refractivity contribution is 7.00. The molecule has 3 heteroatoms. The van der Waals surface area contributed by atoms with Gasteiger partial charge in [-0.2, -0.15) is 0 Å². The van der Waals surface area contributed by atoms with Crippen molar-refractivity contribution in [1.82, 2.24) is 0 Å². The first kappa shape index (κ1) is 37.4. The summed E-state index contributed by atoms with van der Waals surface area (Å²) in [4.78, 5) is 5.27. The van der Waals surface area contributed by atoms with Crippen molar-refractivity contribution in [2.24, 2.45) is 33.5 Å². The molecule has 7 aromatic rings. The normalized spacial score (nSPS) is 30.0. The first-order valence-corrected chi connectivity index (χ1v) is 24.9. The molecule has 6 atom stereocenters. The molecular formula is C62H57BN2. The Morgan fingerprint density at radius 3 is 1.55 bits per heavy atom. The number of fused-ring (bicyclic) bond motifs is 20. The van der Waals surface area contributed by atoms with Crippen LogP contribution in [0.5, 0.6) is 0 Å². The van der Waals surface area contributed by atoms with Gasteiger partial charge in [0.2, 0.25) is 0 Å². The molecule has 2 spiro atoms. The van der Waals surface area contributed by atoms with Crippen molar-refractivity contribution >= 4 is 57.2 Å². The fourth-order valence-corrected chi connectivity index (χ4v) is 17.6. The molecule has 4 bridgehead atoms. The molecule has 6 aliphatic carbocycles. The van der Waals surface area contributed by atoms with E-state index < -0.39 is 0 Å². The van der Waals surface area contributed by atoms with Gasteiger partial charge in [0.25, 0.3) is 6.71 Å². The Labute approximate surface area is 385 Å². The minimum absolute atomic E-state index is 0.0189. The monoisotopic (exact) mass is 840 g/mol. The van der Waals surface area contributed by atoms with Crippen LogP contribution in [0.1, 0.15) is 102 Å². The van der Waals surface area contributed by atoms with Crippen molar-refractivity contribution in [3.05, 3.63) is 174 Å². The van der Waals surface area contributed by atoms with E-state index in [4.69, 9.17) is 0 Å². The van der Waals surface area contributed by atoms with E-state index in [1.54, 1.807) is 22.3 Å². The average Bonchev–Trinajstić information content (AvgIpc) is 4.02. The molecule has 0 unspecified atom stereocenters. The Hall–Kier alpha value is -5.80.